The van der Waals surface area contributed by atoms with Gasteiger partial charge in [0.1, 0.15) is 5.00 Å². The molecule has 142 valence electrons. The summed E-state index contributed by atoms with van der Waals surface area (Å²) < 4.78 is 26.0. The molecule has 0 spiro atoms. The fraction of sp³-hybridized carbons (Fsp3) is 0.235. The van der Waals surface area contributed by atoms with Crippen LogP contribution in [0.4, 0.5) is 5.00 Å². The summed E-state index contributed by atoms with van der Waals surface area (Å²) in [5.74, 6) is -1.26. The number of carbonyl (C=O) groups is 2. The van der Waals surface area contributed by atoms with E-state index in [1.54, 1.807) is 13.8 Å². The first-order valence-corrected chi connectivity index (χ1v) is 9.99. The molecule has 0 aliphatic rings. The van der Waals surface area contributed by atoms with Crippen LogP contribution < -0.4 is 11.1 Å². The van der Waals surface area contributed by atoms with Crippen molar-refractivity contribution in [3.05, 3.63) is 45.8 Å². The second kappa shape index (κ2) is 7.87. The second-order valence-electron chi connectivity index (χ2n) is 5.80. The van der Waals surface area contributed by atoms with E-state index in [1.165, 1.54) is 42.6 Å². The lowest BCUT2D eigenvalue weighted by Gasteiger charge is -2.17. The zero-order valence-electron chi connectivity index (χ0n) is 14.9. The van der Waals surface area contributed by atoms with Crippen molar-refractivity contribution < 1.29 is 18.0 Å². The molecule has 0 aliphatic carbocycles. The summed E-state index contributed by atoms with van der Waals surface area (Å²) in [4.78, 5) is 24.7. The Morgan fingerprint density at radius 2 is 1.85 bits per heavy atom. The quantitative estimate of drug-likeness (QED) is 0.751. The van der Waals surface area contributed by atoms with Crippen LogP contribution in [-0.2, 0) is 14.8 Å². The lowest BCUT2D eigenvalue weighted by molar-refractivity contribution is -0.116. The first-order valence-electron chi connectivity index (χ1n) is 7.74. The van der Waals surface area contributed by atoms with Gasteiger partial charge in [0, 0.05) is 11.9 Å². The predicted molar refractivity (Wildman–Crippen MR) is 102 cm³/mol. The van der Waals surface area contributed by atoms with Crippen LogP contribution in [-0.4, -0.2) is 38.1 Å². The number of nitrogens with one attached hydrogen (secondary N) is 1. The number of carbonyl (C=O) groups excluding carboxylic acids is 2. The Balaban J connectivity index is 2.17. The number of amides is 2. The summed E-state index contributed by atoms with van der Waals surface area (Å²) in [7, 11) is -2.63. The number of sulfonamides is 1. The average Bonchev–Trinajstić information content (AvgIpc) is 2.88. The van der Waals surface area contributed by atoms with Crippen molar-refractivity contribution in [2.24, 2.45) is 5.73 Å². The van der Waals surface area contributed by atoms with Gasteiger partial charge in [-0.3, -0.25) is 9.59 Å². The normalized spacial score (nSPS) is 11.2. The van der Waals surface area contributed by atoms with Crippen LogP contribution in [0.2, 0.25) is 0 Å². The molecule has 0 aliphatic heterocycles. The number of primary amides is 1. The van der Waals surface area contributed by atoms with Gasteiger partial charge in [-0.1, -0.05) is 0 Å². The highest BCUT2D eigenvalue weighted by Gasteiger charge is 2.24. The van der Waals surface area contributed by atoms with Gasteiger partial charge in [-0.15, -0.1) is 11.3 Å². The molecule has 27 heavy (non-hydrogen) atoms. The number of anilines is 1. The third kappa shape index (κ3) is 4.33. The van der Waals surface area contributed by atoms with Crippen molar-refractivity contribution in [2.45, 2.75) is 18.7 Å². The van der Waals surface area contributed by atoms with E-state index in [0.717, 1.165) is 9.18 Å². The smallest absolute Gasteiger partial charge is 0.251 e. The largest absolute Gasteiger partial charge is 0.365 e. The number of hydrogen-bond acceptors (Lipinski definition) is 6. The maximum atomic E-state index is 12.5. The summed E-state index contributed by atoms with van der Waals surface area (Å²) in [5, 5.41) is 11.6. The van der Waals surface area contributed by atoms with Gasteiger partial charge in [0.25, 0.3) is 5.91 Å². The van der Waals surface area contributed by atoms with Crippen molar-refractivity contribution in [2.75, 3.05) is 18.9 Å². The monoisotopic (exact) mass is 406 g/mol. The SMILES string of the molecule is Cc1sc(NC(=O)CN(C)S(=O)(=O)c2ccc(C#N)cc2)c(C(N)=O)c1C. The molecule has 2 aromatic rings. The van der Waals surface area contributed by atoms with Gasteiger partial charge in [-0.05, 0) is 43.7 Å². The Morgan fingerprint density at radius 1 is 1.26 bits per heavy atom. The predicted octanol–water partition coefficient (Wildman–Crippen LogP) is 1.59. The highest BCUT2D eigenvalue weighted by Crippen LogP contribution is 2.32. The lowest BCUT2D eigenvalue weighted by Crippen LogP contribution is -2.35. The van der Waals surface area contributed by atoms with E-state index in [9.17, 15) is 18.0 Å². The minimum atomic E-state index is -3.91. The second-order valence-corrected chi connectivity index (χ2v) is 9.07. The standard InChI is InChI=1S/C17H18N4O4S2/c1-10-11(2)26-17(15(10)16(19)23)20-14(22)9-21(3)27(24,25)13-6-4-12(8-18)5-7-13/h4-7H,9H2,1-3H3,(H2,19,23)(H,20,22). The highest BCUT2D eigenvalue weighted by atomic mass is 32.2. The third-order valence-electron chi connectivity index (χ3n) is 3.94. The molecule has 2 rings (SSSR count). The van der Waals surface area contributed by atoms with Crippen LogP contribution in [0, 0.1) is 25.2 Å². The Hall–Kier alpha value is -2.74. The van der Waals surface area contributed by atoms with E-state index in [4.69, 9.17) is 11.0 Å². The van der Waals surface area contributed by atoms with Crippen LogP contribution >= 0.6 is 11.3 Å². The number of aryl methyl sites for hydroxylation is 1. The topological polar surface area (TPSA) is 133 Å². The maximum Gasteiger partial charge on any atom is 0.251 e. The lowest BCUT2D eigenvalue weighted by atomic mass is 10.1. The summed E-state index contributed by atoms with van der Waals surface area (Å²) in [6.45, 7) is 3.07. The number of nitrogens with zero attached hydrogens (tertiary/aromatic N) is 2. The molecule has 0 unspecified atom stereocenters. The molecule has 0 atom stereocenters. The number of thiophene rings is 1. The van der Waals surface area contributed by atoms with Gasteiger partial charge in [0.15, 0.2) is 0 Å². The van der Waals surface area contributed by atoms with Crippen LogP contribution in [0.1, 0.15) is 26.4 Å². The number of hydrogen-bond donors (Lipinski definition) is 2. The molecular formula is C17H18N4O4S2. The Morgan fingerprint density at radius 3 is 2.37 bits per heavy atom. The Kier molecular flexibility index (Phi) is 6.00. The molecule has 10 heteroatoms. The van der Waals surface area contributed by atoms with E-state index in [1.807, 2.05) is 6.07 Å². The fourth-order valence-electron chi connectivity index (χ4n) is 2.35. The summed E-state index contributed by atoms with van der Waals surface area (Å²) in [6.07, 6.45) is 0. The molecule has 0 fully saturated rings. The van der Waals surface area contributed by atoms with Crippen LogP contribution in [0.5, 0.6) is 0 Å². The molecule has 0 saturated carbocycles. The summed E-state index contributed by atoms with van der Waals surface area (Å²) in [5.41, 5.74) is 6.60. The fourth-order valence-corrected chi connectivity index (χ4v) is 4.56. The summed E-state index contributed by atoms with van der Waals surface area (Å²) in [6, 6.07) is 7.29. The number of rotatable bonds is 6. The minimum Gasteiger partial charge on any atom is -0.365 e. The van der Waals surface area contributed by atoms with Crippen LogP contribution in [0.3, 0.4) is 0 Å². The highest BCUT2D eigenvalue weighted by molar-refractivity contribution is 7.89. The van der Waals surface area contributed by atoms with Gasteiger partial charge < -0.3 is 11.1 Å². The number of likely N-dealkylation sites (N-methyl/N-ethyl adjacent to an activating group) is 1. The van der Waals surface area contributed by atoms with Crippen molar-refractivity contribution in [3.8, 4) is 6.07 Å². The number of benzene rings is 1. The number of nitrogens with two attached hydrogens (primary N) is 1. The van der Waals surface area contributed by atoms with Gasteiger partial charge in [0.2, 0.25) is 15.9 Å². The maximum absolute atomic E-state index is 12.5. The van der Waals surface area contributed by atoms with Gasteiger partial charge in [0.05, 0.1) is 28.6 Å². The third-order valence-corrected chi connectivity index (χ3v) is 6.88. The minimum absolute atomic E-state index is 0.0302. The molecule has 0 radical (unpaired) electrons. The van der Waals surface area contributed by atoms with Crippen molar-refractivity contribution in [1.29, 1.82) is 5.26 Å². The Bertz CT molecular complexity index is 1030. The van der Waals surface area contributed by atoms with Crippen molar-refractivity contribution in [1.82, 2.24) is 4.31 Å². The van der Waals surface area contributed by atoms with E-state index < -0.39 is 28.4 Å². The molecule has 1 aromatic carbocycles. The number of nitriles is 1. The van der Waals surface area contributed by atoms with Crippen LogP contribution in [0.25, 0.3) is 0 Å². The Labute approximate surface area is 161 Å². The van der Waals surface area contributed by atoms with E-state index in [2.05, 4.69) is 5.32 Å². The van der Waals surface area contributed by atoms with E-state index in [0.29, 0.717) is 16.1 Å². The average molecular weight is 406 g/mol. The zero-order valence-corrected chi connectivity index (χ0v) is 16.6. The first-order chi connectivity index (χ1) is 12.6. The van der Waals surface area contributed by atoms with Gasteiger partial charge >= 0.3 is 0 Å². The zero-order chi connectivity index (χ0) is 20.4. The molecule has 1 aromatic heterocycles. The first kappa shape index (κ1) is 20.6. The van der Waals surface area contributed by atoms with Crippen LogP contribution in [0.15, 0.2) is 29.2 Å². The summed E-state index contributed by atoms with van der Waals surface area (Å²) >= 11 is 1.20. The van der Waals surface area contributed by atoms with Crippen molar-refractivity contribution in [3.63, 3.8) is 0 Å². The van der Waals surface area contributed by atoms with E-state index in [-0.39, 0.29) is 10.5 Å². The molecule has 1 heterocycles. The van der Waals surface area contributed by atoms with E-state index >= 15 is 0 Å². The molecule has 0 saturated heterocycles. The van der Waals surface area contributed by atoms with Gasteiger partial charge in [-0.2, -0.15) is 9.57 Å². The van der Waals surface area contributed by atoms with Crippen molar-refractivity contribution >= 4 is 38.2 Å². The molecule has 8 nitrogen and oxygen atoms in total. The molecule has 2 amide bonds. The molecular weight excluding hydrogens is 388 g/mol. The van der Waals surface area contributed by atoms with Gasteiger partial charge in [-0.25, -0.2) is 8.42 Å². The molecule has 3 N–H and O–H groups in total. The molecule has 0 bridgehead atoms.